The summed E-state index contributed by atoms with van der Waals surface area (Å²) in [5, 5.41) is 9.70. The molecule has 1 atom stereocenters. The molecule has 0 fully saturated rings. The molecule has 15 heavy (non-hydrogen) atoms. The number of aliphatic hydroxyl groups excluding tert-OH is 1. The summed E-state index contributed by atoms with van der Waals surface area (Å²) in [6, 6.07) is 0. The van der Waals surface area contributed by atoms with Crippen molar-refractivity contribution in [3.8, 4) is 0 Å². The fraction of sp³-hybridized carbons (Fsp3) is 0.727. The van der Waals surface area contributed by atoms with Crippen LogP contribution in [0, 0.1) is 0 Å². The zero-order valence-corrected chi connectivity index (χ0v) is 9.56. The molecule has 0 spiro atoms. The van der Waals surface area contributed by atoms with Gasteiger partial charge in [-0.25, -0.2) is 4.79 Å². The van der Waals surface area contributed by atoms with E-state index in [0.29, 0.717) is 13.0 Å². The van der Waals surface area contributed by atoms with Crippen LogP contribution < -0.4 is 0 Å². The van der Waals surface area contributed by atoms with Gasteiger partial charge in [-0.2, -0.15) is 0 Å². The predicted molar refractivity (Wildman–Crippen MR) is 57.3 cm³/mol. The quantitative estimate of drug-likeness (QED) is 0.625. The van der Waals surface area contributed by atoms with Crippen LogP contribution in [0.15, 0.2) is 12.2 Å². The molecular formula is C11H19NO3. The number of ether oxygens (including phenoxy) is 1. The lowest BCUT2D eigenvalue weighted by Crippen LogP contribution is -2.42. The summed E-state index contributed by atoms with van der Waals surface area (Å²) in [7, 11) is 0. The second kappa shape index (κ2) is 4.66. The van der Waals surface area contributed by atoms with Crippen LogP contribution in [0.25, 0.3) is 0 Å². The van der Waals surface area contributed by atoms with Crippen molar-refractivity contribution in [1.29, 1.82) is 0 Å². The van der Waals surface area contributed by atoms with Crippen molar-refractivity contribution in [2.45, 2.75) is 45.4 Å². The molecule has 0 radical (unpaired) electrons. The molecule has 1 amide bonds. The highest BCUT2D eigenvalue weighted by Crippen LogP contribution is 2.15. The Bertz CT molecular complexity index is 255. The maximum atomic E-state index is 11.7. The minimum Gasteiger partial charge on any atom is -0.444 e. The van der Waals surface area contributed by atoms with E-state index in [2.05, 4.69) is 0 Å². The molecule has 0 saturated heterocycles. The van der Waals surface area contributed by atoms with Crippen LogP contribution in [-0.2, 0) is 4.74 Å². The third-order valence-corrected chi connectivity index (χ3v) is 2.05. The molecular weight excluding hydrogens is 194 g/mol. The summed E-state index contributed by atoms with van der Waals surface area (Å²) in [5.74, 6) is 0. The van der Waals surface area contributed by atoms with Crippen molar-refractivity contribution in [2.24, 2.45) is 0 Å². The Morgan fingerprint density at radius 2 is 2.13 bits per heavy atom. The number of carbonyl (C=O) groups is 1. The first-order chi connectivity index (χ1) is 6.90. The van der Waals surface area contributed by atoms with Gasteiger partial charge in [-0.3, -0.25) is 4.90 Å². The average molecular weight is 213 g/mol. The van der Waals surface area contributed by atoms with Gasteiger partial charge >= 0.3 is 6.09 Å². The van der Waals surface area contributed by atoms with E-state index in [-0.39, 0.29) is 0 Å². The minimum absolute atomic E-state index is 0.413. The van der Waals surface area contributed by atoms with E-state index in [1.54, 1.807) is 0 Å². The Labute approximate surface area is 90.5 Å². The molecule has 4 heteroatoms. The first-order valence-electron chi connectivity index (χ1n) is 5.23. The van der Waals surface area contributed by atoms with Gasteiger partial charge in [0.1, 0.15) is 11.8 Å². The molecule has 1 rings (SSSR count). The minimum atomic E-state index is -0.741. The number of rotatable bonds is 0. The summed E-state index contributed by atoms with van der Waals surface area (Å²) in [6.07, 6.45) is 4.00. The van der Waals surface area contributed by atoms with Crippen LogP contribution in [-0.4, -0.2) is 34.5 Å². The lowest BCUT2D eigenvalue weighted by atomic mass is 10.2. The number of amides is 1. The Balaban J connectivity index is 2.60. The van der Waals surface area contributed by atoms with Gasteiger partial charge in [0.15, 0.2) is 0 Å². The number of carbonyl (C=O) groups excluding carboxylic acids is 1. The molecule has 0 aromatic rings. The van der Waals surface area contributed by atoms with Crippen LogP contribution in [0.2, 0.25) is 0 Å². The maximum absolute atomic E-state index is 11.7. The number of allylic oxidation sites excluding steroid dienone is 1. The maximum Gasteiger partial charge on any atom is 0.412 e. The number of aliphatic hydroxyl groups is 1. The average Bonchev–Trinajstić information content (AvgIpc) is 2.26. The third-order valence-electron chi connectivity index (χ3n) is 2.05. The highest BCUT2D eigenvalue weighted by molar-refractivity contribution is 5.68. The molecule has 0 saturated carbocycles. The Morgan fingerprint density at radius 1 is 1.47 bits per heavy atom. The summed E-state index contributed by atoms with van der Waals surface area (Å²) in [4.78, 5) is 13.0. The molecule has 86 valence electrons. The standard InChI is InChI=1S/C11H19NO3/c1-11(2,3)15-10(14)12-8-6-4-5-7-9(12)13/h4,6,9,13H,5,7-8H2,1-3H3. The first-order valence-corrected chi connectivity index (χ1v) is 5.23. The van der Waals surface area contributed by atoms with E-state index in [4.69, 9.17) is 4.74 Å². The van der Waals surface area contributed by atoms with E-state index in [1.165, 1.54) is 4.90 Å². The monoisotopic (exact) mass is 213 g/mol. The van der Waals surface area contributed by atoms with Gasteiger partial charge in [0.25, 0.3) is 0 Å². The largest absolute Gasteiger partial charge is 0.444 e. The van der Waals surface area contributed by atoms with Crippen molar-refractivity contribution in [2.75, 3.05) is 6.54 Å². The van der Waals surface area contributed by atoms with Crippen LogP contribution in [0.5, 0.6) is 0 Å². The molecule has 0 bridgehead atoms. The number of nitrogens with zero attached hydrogens (tertiary/aromatic N) is 1. The van der Waals surface area contributed by atoms with Gasteiger partial charge in [-0.05, 0) is 33.6 Å². The normalized spacial score (nSPS) is 22.4. The molecule has 1 N–H and O–H groups in total. The van der Waals surface area contributed by atoms with Gasteiger partial charge < -0.3 is 9.84 Å². The second-order valence-corrected chi connectivity index (χ2v) is 4.66. The predicted octanol–water partition coefficient (Wildman–Crippen LogP) is 1.89. The second-order valence-electron chi connectivity index (χ2n) is 4.66. The van der Waals surface area contributed by atoms with Crippen LogP contribution >= 0.6 is 0 Å². The highest BCUT2D eigenvalue weighted by atomic mass is 16.6. The molecule has 4 nitrogen and oxygen atoms in total. The zero-order valence-electron chi connectivity index (χ0n) is 9.56. The molecule has 0 aromatic heterocycles. The third kappa shape index (κ3) is 3.91. The van der Waals surface area contributed by atoms with Crippen molar-refractivity contribution < 1.29 is 14.6 Å². The molecule has 0 aliphatic carbocycles. The highest BCUT2D eigenvalue weighted by Gasteiger charge is 2.26. The lowest BCUT2D eigenvalue weighted by molar-refractivity contribution is -0.0268. The molecule has 0 aromatic carbocycles. The molecule has 1 aliphatic rings. The Kier molecular flexibility index (Phi) is 3.74. The van der Waals surface area contributed by atoms with Crippen LogP contribution in [0.4, 0.5) is 4.79 Å². The molecule has 1 heterocycles. The summed E-state index contributed by atoms with van der Waals surface area (Å²) < 4.78 is 5.20. The van der Waals surface area contributed by atoms with E-state index in [1.807, 2.05) is 32.9 Å². The van der Waals surface area contributed by atoms with Crippen molar-refractivity contribution in [3.63, 3.8) is 0 Å². The van der Waals surface area contributed by atoms with E-state index >= 15 is 0 Å². The molecule has 1 unspecified atom stereocenters. The fourth-order valence-electron chi connectivity index (χ4n) is 1.35. The van der Waals surface area contributed by atoms with Crippen molar-refractivity contribution >= 4 is 6.09 Å². The first kappa shape index (κ1) is 12.0. The van der Waals surface area contributed by atoms with E-state index in [9.17, 15) is 9.90 Å². The Hall–Kier alpha value is -1.03. The number of hydrogen-bond donors (Lipinski definition) is 1. The van der Waals surface area contributed by atoms with E-state index in [0.717, 1.165) is 6.42 Å². The zero-order chi connectivity index (χ0) is 11.5. The number of hydrogen-bond acceptors (Lipinski definition) is 3. The van der Waals surface area contributed by atoms with Gasteiger partial charge in [-0.15, -0.1) is 0 Å². The summed E-state index contributed by atoms with van der Waals surface area (Å²) >= 11 is 0. The van der Waals surface area contributed by atoms with Crippen molar-refractivity contribution in [1.82, 2.24) is 4.90 Å². The van der Waals surface area contributed by atoms with Crippen LogP contribution in [0.1, 0.15) is 33.6 Å². The van der Waals surface area contributed by atoms with Gasteiger partial charge in [0.05, 0.1) is 0 Å². The SMILES string of the molecule is CC(C)(C)OC(=O)N1CC=CCCC1O. The fourth-order valence-corrected chi connectivity index (χ4v) is 1.35. The molecule has 1 aliphatic heterocycles. The van der Waals surface area contributed by atoms with Gasteiger partial charge in [-0.1, -0.05) is 12.2 Å². The van der Waals surface area contributed by atoms with Gasteiger partial charge in [0.2, 0.25) is 0 Å². The topological polar surface area (TPSA) is 49.8 Å². The lowest BCUT2D eigenvalue weighted by Gasteiger charge is -2.29. The van der Waals surface area contributed by atoms with Crippen LogP contribution in [0.3, 0.4) is 0 Å². The Morgan fingerprint density at radius 3 is 2.73 bits per heavy atom. The summed E-state index contributed by atoms with van der Waals surface area (Å²) in [6.45, 7) is 5.84. The smallest absolute Gasteiger partial charge is 0.412 e. The van der Waals surface area contributed by atoms with Gasteiger partial charge in [0, 0.05) is 6.54 Å². The van der Waals surface area contributed by atoms with Crippen molar-refractivity contribution in [3.05, 3.63) is 12.2 Å². The summed E-state index contributed by atoms with van der Waals surface area (Å²) in [5.41, 5.74) is -0.521. The van der Waals surface area contributed by atoms with E-state index < -0.39 is 17.9 Å².